The molecule has 0 amide bonds. The van der Waals surface area contributed by atoms with Gasteiger partial charge in [0.1, 0.15) is 0 Å². The van der Waals surface area contributed by atoms with Crippen molar-refractivity contribution in [2.24, 2.45) is 0 Å². The van der Waals surface area contributed by atoms with Crippen LogP contribution in [0, 0.1) is 74.0 Å². The Kier molecular flexibility index (Phi) is 9.78. The van der Waals surface area contributed by atoms with E-state index < -0.39 is 20.8 Å². The van der Waals surface area contributed by atoms with Crippen molar-refractivity contribution in [2.75, 3.05) is 0 Å². The quantitative estimate of drug-likeness (QED) is 0.479. The van der Waals surface area contributed by atoms with Gasteiger partial charge in [-0.05, 0) is 32.1 Å². The Bertz CT molecular complexity index is 481. The summed E-state index contributed by atoms with van der Waals surface area (Å²) in [4.78, 5) is 0. The monoisotopic (exact) mass is 428 g/mol. The summed E-state index contributed by atoms with van der Waals surface area (Å²) < 4.78 is 0. The molecule has 0 spiro atoms. The number of allylic oxidation sites excluding steroid dienone is 8. The van der Waals surface area contributed by atoms with Crippen LogP contribution < -0.4 is 0 Å². The molecule has 24 heavy (non-hydrogen) atoms. The molecule has 0 aromatic carbocycles. The minimum absolute atomic E-state index is 0.702. The zero-order chi connectivity index (χ0) is 17.2. The molecule has 10 radical (unpaired) electrons. The van der Waals surface area contributed by atoms with Crippen LogP contribution in [0.2, 0.25) is 0 Å². The molecule has 0 unspecified atom stereocenters. The summed E-state index contributed by atoms with van der Waals surface area (Å²) in [5.41, 5.74) is 0. The maximum atomic E-state index is 5.45. The van der Waals surface area contributed by atoms with E-state index >= 15 is 0 Å². The molecule has 116 valence electrons. The van der Waals surface area contributed by atoms with Crippen molar-refractivity contribution in [3.8, 4) is 12.3 Å². The summed E-state index contributed by atoms with van der Waals surface area (Å²) >= 11 is -0.826. The SMILES string of the molecule is C#CC[C]1[C]2C=CC=C[C]2[C]2C=CC=C[C]21.[CH]1[CH][CH][CH][CH]1.[Cl][Zr+2][Cl]. The topological polar surface area (TPSA) is 0 Å². The number of halogens is 2. The molecule has 0 aromatic heterocycles. The Morgan fingerprint density at radius 1 is 0.708 bits per heavy atom. The molecule has 0 nitrogen and oxygen atoms in total. The van der Waals surface area contributed by atoms with Crippen LogP contribution in [0.25, 0.3) is 0 Å². The first-order chi connectivity index (χ1) is 11.8. The van der Waals surface area contributed by atoms with Gasteiger partial charge in [-0.1, -0.05) is 48.6 Å². The average Bonchev–Trinajstić information content (AvgIpc) is 3.28. The third-order valence-corrected chi connectivity index (χ3v) is 3.63. The molecule has 0 aromatic rings. The molecule has 4 rings (SSSR count). The number of hydrogen-bond donors (Lipinski definition) is 0. The molecule has 3 heteroatoms. The third kappa shape index (κ3) is 5.49. The Morgan fingerprint density at radius 3 is 1.38 bits per heavy atom. The maximum absolute atomic E-state index is 5.45. The molecule has 0 heterocycles. The summed E-state index contributed by atoms with van der Waals surface area (Å²) in [6.45, 7) is 0. The normalized spacial score (nSPS) is 22.7. The van der Waals surface area contributed by atoms with E-state index in [1.54, 1.807) is 0 Å². The first-order valence-electron chi connectivity index (χ1n) is 7.45. The van der Waals surface area contributed by atoms with Crippen molar-refractivity contribution in [3.63, 3.8) is 0 Å². The van der Waals surface area contributed by atoms with E-state index in [2.05, 4.69) is 54.5 Å². The van der Waals surface area contributed by atoms with Crippen LogP contribution in [0.15, 0.2) is 48.6 Å². The molecule has 0 N–H and O–H groups in total. The van der Waals surface area contributed by atoms with Crippen molar-refractivity contribution < 1.29 is 20.8 Å². The predicted molar refractivity (Wildman–Crippen MR) is 99.4 cm³/mol. The number of fused-ring (bicyclic) bond motifs is 3. The molecule has 4 aliphatic carbocycles. The van der Waals surface area contributed by atoms with Gasteiger partial charge >= 0.3 is 37.9 Å². The molecule has 2 saturated carbocycles. The van der Waals surface area contributed by atoms with E-state index in [1.165, 1.54) is 29.6 Å². The Labute approximate surface area is 166 Å². The van der Waals surface area contributed by atoms with Gasteiger partial charge in [0, 0.05) is 36.0 Å². The standard InChI is InChI=1S/C16H11.C5H5.2ClH.Zr/c1-2-7-12-13-8-3-5-10-15(13)16-11-6-4-9-14(12)16;1-2-4-5-3-1;;;/h1,3-6,8-11H,7H2;1-5H;2*1H;/q;;;;+4/p-2. The van der Waals surface area contributed by atoms with Crippen molar-refractivity contribution >= 4 is 17.0 Å². The second-order valence-electron chi connectivity index (χ2n) is 4.98. The fraction of sp³-hybridized carbons (Fsp3) is 0.0476. The van der Waals surface area contributed by atoms with Crippen LogP contribution in [-0.4, -0.2) is 0 Å². The Hall–Kier alpha value is -0.0169. The van der Waals surface area contributed by atoms with Crippen molar-refractivity contribution in [1.29, 1.82) is 0 Å². The van der Waals surface area contributed by atoms with Gasteiger partial charge in [0.2, 0.25) is 0 Å². The number of terminal acetylenes is 1. The van der Waals surface area contributed by atoms with Gasteiger partial charge in [-0.3, -0.25) is 0 Å². The summed E-state index contributed by atoms with van der Waals surface area (Å²) in [6, 6.07) is 0. The second kappa shape index (κ2) is 11.6. The molecule has 0 bridgehead atoms. The van der Waals surface area contributed by atoms with E-state index in [9.17, 15) is 0 Å². The number of hydrogen-bond acceptors (Lipinski definition) is 0. The predicted octanol–water partition coefficient (Wildman–Crippen LogP) is 5.55. The van der Waals surface area contributed by atoms with Gasteiger partial charge in [-0.2, -0.15) is 0 Å². The summed E-state index contributed by atoms with van der Waals surface area (Å²) in [5.74, 6) is 9.24. The van der Waals surface area contributed by atoms with Crippen LogP contribution in [0.1, 0.15) is 6.42 Å². The van der Waals surface area contributed by atoms with E-state index in [4.69, 9.17) is 23.4 Å². The summed E-state index contributed by atoms with van der Waals surface area (Å²) in [5, 5.41) is 0. The van der Waals surface area contributed by atoms with Gasteiger partial charge < -0.3 is 0 Å². The third-order valence-electron chi connectivity index (χ3n) is 3.63. The fourth-order valence-electron chi connectivity index (χ4n) is 2.72. The molecular weight excluding hydrogens is 414 g/mol. The fourth-order valence-corrected chi connectivity index (χ4v) is 2.72. The van der Waals surface area contributed by atoms with E-state index in [0.29, 0.717) is 6.42 Å². The first kappa shape index (κ1) is 20.3. The Morgan fingerprint density at radius 2 is 1.04 bits per heavy atom. The van der Waals surface area contributed by atoms with Crippen molar-refractivity contribution in [2.45, 2.75) is 6.42 Å². The van der Waals surface area contributed by atoms with Crippen LogP contribution in [0.4, 0.5) is 0 Å². The van der Waals surface area contributed by atoms with Crippen LogP contribution in [0.3, 0.4) is 0 Å². The van der Waals surface area contributed by atoms with Crippen molar-refractivity contribution in [1.82, 2.24) is 0 Å². The van der Waals surface area contributed by atoms with E-state index in [0.717, 1.165) is 0 Å². The van der Waals surface area contributed by atoms with Crippen molar-refractivity contribution in [3.05, 3.63) is 110 Å². The van der Waals surface area contributed by atoms with Gasteiger partial charge in [0.25, 0.3) is 0 Å². The second-order valence-corrected chi connectivity index (χ2v) is 8.72. The first-order valence-corrected chi connectivity index (χ1v) is 13.8. The van der Waals surface area contributed by atoms with Crippen LogP contribution in [-0.2, 0) is 20.8 Å². The van der Waals surface area contributed by atoms with Gasteiger partial charge in [0.15, 0.2) is 0 Å². The average molecular weight is 430 g/mol. The van der Waals surface area contributed by atoms with Gasteiger partial charge in [-0.15, -0.1) is 12.3 Å². The Balaban J connectivity index is 0.000000217. The molecule has 0 atom stereocenters. The van der Waals surface area contributed by atoms with E-state index in [-0.39, 0.29) is 0 Å². The summed E-state index contributed by atoms with van der Waals surface area (Å²) in [7, 11) is 9.87. The van der Waals surface area contributed by atoms with Gasteiger partial charge in [-0.25, -0.2) is 0 Å². The molecular formula is C21H16Cl2Zr+2. The minimum atomic E-state index is -0.826. The molecule has 0 saturated heterocycles. The van der Waals surface area contributed by atoms with Gasteiger partial charge in [0.05, 0.1) is 0 Å². The van der Waals surface area contributed by atoms with Crippen LogP contribution >= 0.6 is 17.0 Å². The summed E-state index contributed by atoms with van der Waals surface area (Å²) in [6.07, 6.45) is 33.1. The number of rotatable bonds is 1. The zero-order valence-corrected chi connectivity index (χ0v) is 17.0. The van der Waals surface area contributed by atoms with E-state index in [1.807, 2.05) is 32.1 Å². The zero-order valence-electron chi connectivity index (χ0n) is 13.0. The molecule has 0 aliphatic heterocycles. The van der Waals surface area contributed by atoms with Crippen LogP contribution in [0.5, 0.6) is 0 Å². The molecule has 4 aliphatic rings. The molecule has 2 fully saturated rings.